The molecule has 1 aliphatic rings. The lowest BCUT2D eigenvalue weighted by atomic mass is 10.0. The van der Waals surface area contributed by atoms with Gasteiger partial charge in [0.15, 0.2) is 5.82 Å². The van der Waals surface area contributed by atoms with Crippen molar-refractivity contribution in [1.82, 2.24) is 14.5 Å². The molecule has 3 rings (SSSR count). The number of hydrogen-bond acceptors (Lipinski definition) is 4. The molecule has 7 heteroatoms. The topological polar surface area (TPSA) is 72.2 Å². The highest BCUT2D eigenvalue weighted by molar-refractivity contribution is 6.03. The average Bonchev–Trinajstić information content (AvgIpc) is 2.96. The second-order valence-corrected chi connectivity index (χ2v) is 5.68. The Hall–Kier alpha value is -2.83. The van der Waals surface area contributed by atoms with Crippen molar-refractivity contribution in [1.29, 1.82) is 0 Å². The van der Waals surface area contributed by atoms with E-state index in [0.29, 0.717) is 17.0 Å². The van der Waals surface area contributed by atoms with Gasteiger partial charge < -0.3 is 4.57 Å². The van der Waals surface area contributed by atoms with E-state index in [4.69, 9.17) is 0 Å². The molecular weight excluding hydrogens is 309 g/mol. The molecule has 0 spiro atoms. The van der Waals surface area contributed by atoms with Gasteiger partial charge in [0.25, 0.3) is 5.91 Å². The van der Waals surface area contributed by atoms with E-state index in [9.17, 15) is 9.18 Å². The largest absolute Gasteiger partial charge is 0.306 e. The van der Waals surface area contributed by atoms with Crippen LogP contribution < -0.4 is 10.8 Å². The zero-order valence-electron chi connectivity index (χ0n) is 13.6. The lowest BCUT2D eigenvalue weighted by Gasteiger charge is -2.14. The summed E-state index contributed by atoms with van der Waals surface area (Å²) in [5.74, 6) is -0.541. The van der Waals surface area contributed by atoms with Gasteiger partial charge in [-0.25, -0.2) is 14.4 Å². The van der Waals surface area contributed by atoms with Gasteiger partial charge in [-0.1, -0.05) is 13.5 Å². The summed E-state index contributed by atoms with van der Waals surface area (Å²) in [6.07, 6.45) is 5.63. The zero-order chi connectivity index (χ0) is 17.3. The fourth-order valence-electron chi connectivity index (χ4n) is 3.04. The Kier molecular flexibility index (Phi) is 4.24. The SMILES string of the molecule is C=Cn1c2c(cc(C(=O)Nc3ncc(F)cn3)c1=NC)C(C)CC2. The van der Waals surface area contributed by atoms with E-state index in [0.717, 1.165) is 36.5 Å². The molecule has 1 atom stereocenters. The second-order valence-electron chi connectivity index (χ2n) is 5.68. The first-order valence-corrected chi connectivity index (χ1v) is 7.67. The molecule has 0 fully saturated rings. The van der Waals surface area contributed by atoms with E-state index in [-0.39, 0.29) is 11.9 Å². The monoisotopic (exact) mass is 327 g/mol. The van der Waals surface area contributed by atoms with Crippen molar-refractivity contribution < 1.29 is 9.18 Å². The molecule has 0 aliphatic heterocycles. The number of nitrogens with zero attached hydrogens (tertiary/aromatic N) is 4. The average molecular weight is 327 g/mol. The van der Waals surface area contributed by atoms with E-state index in [1.807, 2.05) is 10.6 Å². The number of hydrogen-bond donors (Lipinski definition) is 1. The van der Waals surface area contributed by atoms with Gasteiger partial charge in [0.2, 0.25) is 5.95 Å². The number of anilines is 1. The van der Waals surface area contributed by atoms with Gasteiger partial charge in [0, 0.05) is 18.9 Å². The van der Waals surface area contributed by atoms with E-state index in [1.165, 1.54) is 0 Å². The van der Waals surface area contributed by atoms with Crippen LogP contribution in [0.25, 0.3) is 6.20 Å². The lowest BCUT2D eigenvalue weighted by molar-refractivity contribution is 0.102. The highest BCUT2D eigenvalue weighted by Crippen LogP contribution is 2.32. The van der Waals surface area contributed by atoms with Gasteiger partial charge >= 0.3 is 0 Å². The summed E-state index contributed by atoms with van der Waals surface area (Å²) in [5, 5.41) is 2.58. The first-order chi connectivity index (χ1) is 11.5. The number of carbonyl (C=O) groups excluding carboxylic acids is 1. The summed E-state index contributed by atoms with van der Waals surface area (Å²) >= 11 is 0. The fraction of sp³-hybridized carbons (Fsp3) is 0.294. The number of pyridine rings is 1. The molecule has 6 nitrogen and oxygen atoms in total. The predicted molar refractivity (Wildman–Crippen MR) is 89.0 cm³/mol. The standard InChI is InChI=1S/C17H18FN5O/c1-4-23-14-6-5-10(2)12(14)7-13(15(23)19-3)16(24)22-17-20-8-11(18)9-21-17/h4,7-10H,1,5-6H2,2-3H3,(H,20,21,22,24). The van der Waals surface area contributed by atoms with E-state index < -0.39 is 5.82 Å². The minimum atomic E-state index is -0.562. The van der Waals surface area contributed by atoms with Crippen molar-refractivity contribution in [3.8, 4) is 0 Å². The molecule has 1 unspecified atom stereocenters. The molecule has 0 saturated carbocycles. The van der Waals surface area contributed by atoms with Crippen LogP contribution in [-0.2, 0) is 6.42 Å². The Bertz CT molecular complexity index is 870. The normalized spacial score (nSPS) is 16.8. The molecule has 24 heavy (non-hydrogen) atoms. The van der Waals surface area contributed by atoms with Gasteiger partial charge in [-0.3, -0.25) is 15.1 Å². The van der Waals surface area contributed by atoms with Crippen molar-refractivity contribution in [2.24, 2.45) is 4.99 Å². The second kappa shape index (κ2) is 6.35. The smallest absolute Gasteiger partial charge is 0.261 e. The van der Waals surface area contributed by atoms with Crippen molar-refractivity contribution >= 4 is 18.1 Å². The third-order valence-electron chi connectivity index (χ3n) is 4.22. The lowest BCUT2D eigenvalue weighted by Crippen LogP contribution is -2.30. The van der Waals surface area contributed by atoms with Crippen molar-refractivity contribution in [3.63, 3.8) is 0 Å². The molecule has 2 aromatic heterocycles. The molecule has 2 heterocycles. The maximum atomic E-state index is 12.9. The van der Waals surface area contributed by atoms with E-state index in [2.05, 4.69) is 33.8 Å². The molecule has 0 saturated heterocycles. The molecule has 0 radical (unpaired) electrons. The number of carbonyl (C=O) groups is 1. The van der Waals surface area contributed by atoms with E-state index >= 15 is 0 Å². The Balaban J connectivity index is 2.07. The minimum Gasteiger partial charge on any atom is -0.306 e. The summed E-state index contributed by atoms with van der Waals surface area (Å²) in [6.45, 7) is 5.97. The van der Waals surface area contributed by atoms with Gasteiger partial charge in [0.05, 0.1) is 18.0 Å². The molecule has 0 bridgehead atoms. The fourth-order valence-corrected chi connectivity index (χ4v) is 3.04. The number of rotatable bonds is 3. The first-order valence-electron chi connectivity index (χ1n) is 7.67. The van der Waals surface area contributed by atoms with Gasteiger partial charge in [-0.2, -0.15) is 0 Å². The molecular formula is C17H18FN5O. The maximum Gasteiger partial charge on any atom is 0.261 e. The molecule has 0 aromatic carbocycles. The van der Waals surface area contributed by atoms with Gasteiger partial charge in [0.1, 0.15) is 5.49 Å². The molecule has 1 aliphatic carbocycles. The molecule has 2 aromatic rings. The Morgan fingerprint density at radius 1 is 1.50 bits per heavy atom. The van der Waals surface area contributed by atoms with Crippen LogP contribution in [0.3, 0.4) is 0 Å². The summed E-state index contributed by atoms with van der Waals surface area (Å²) in [4.78, 5) is 24.4. The predicted octanol–water partition coefficient (Wildman–Crippen LogP) is 2.35. The van der Waals surface area contributed by atoms with Gasteiger partial charge in [-0.15, -0.1) is 0 Å². The Morgan fingerprint density at radius 2 is 2.21 bits per heavy atom. The number of aromatic nitrogens is 3. The Morgan fingerprint density at radius 3 is 2.83 bits per heavy atom. The van der Waals surface area contributed by atoms with Crippen LogP contribution in [0.1, 0.15) is 40.9 Å². The number of halogens is 1. The molecule has 124 valence electrons. The van der Waals surface area contributed by atoms with Crippen LogP contribution in [0.5, 0.6) is 0 Å². The Labute approximate surface area is 138 Å². The maximum absolute atomic E-state index is 12.9. The van der Waals surface area contributed by atoms with Crippen LogP contribution >= 0.6 is 0 Å². The summed E-state index contributed by atoms with van der Waals surface area (Å²) in [7, 11) is 1.63. The molecule has 1 amide bonds. The highest BCUT2D eigenvalue weighted by atomic mass is 19.1. The van der Waals surface area contributed by atoms with Crippen molar-refractivity contribution in [3.05, 3.63) is 53.2 Å². The quantitative estimate of drug-likeness (QED) is 0.940. The van der Waals surface area contributed by atoms with Crippen LogP contribution in [-0.4, -0.2) is 27.5 Å². The van der Waals surface area contributed by atoms with Crippen molar-refractivity contribution in [2.45, 2.75) is 25.7 Å². The summed E-state index contributed by atoms with van der Waals surface area (Å²) < 4.78 is 14.8. The van der Waals surface area contributed by atoms with E-state index in [1.54, 1.807) is 13.2 Å². The van der Waals surface area contributed by atoms with Crippen molar-refractivity contribution in [2.75, 3.05) is 12.4 Å². The van der Waals surface area contributed by atoms with Gasteiger partial charge in [-0.05, 0) is 30.4 Å². The van der Waals surface area contributed by atoms with Crippen LogP contribution in [0.4, 0.5) is 10.3 Å². The van der Waals surface area contributed by atoms with Crippen LogP contribution in [0.2, 0.25) is 0 Å². The third-order valence-corrected chi connectivity index (χ3v) is 4.22. The number of amides is 1. The first kappa shape index (κ1) is 16.0. The minimum absolute atomic E-state index is 0.0437. The number of fused-ring (bicyclic) bond motifs is 1. The van der Waals surface area contributed by atoms with Crippen LogP contribution in [0, 0.1) is 5.82 Å². The zero-order valence-corrected chi connectivity index (χ0v) is 13.6. The summed E-state index contributed by atoms with van der Waals surface area (Å²) in [6, 6.07) is 1.87. The highest BCUT2D eigenvalue weighted by Gasteiger charge is 2.25. The third kappa shape index (κ3) is 2.73. The number of nitrogens with one attached hydrogen (secondary N) is 1. The summed E-state index contributed by atoms with van der Waals surface area (Å²) in [5.41, 5.74) is 3.19. The van der Waals surface area contributed by atoms with Crippen LogP contribution in [0.15, 0.2) is 30.0 Å². The molecule has 1 N–H and O–H groups in total.